The van der Waals surface area contributed by atoms with Crippen LogP contribution >= 0.6 is 0 Å². The van der Waals surface area contributed by atoms with Gasteiger partial charge in [0.25, 0.3) is 0 Å². The first-order valence-electron chi connectivity index (χ1n) is 7.47. The Balaban J connectivity index is 1.75. The van der Waals surface area contributed by atoms with Crippen molar-refractivity contribution in [2.24, 2.45) is 0 Å². The van der Waals surface area contributed by atoms with E-state index in [4.69, 9.17) is 9.47 Å². The summed E-state index contributed by atoms with van der Waals surface area (Å²) in [6.45, 7) is 1.16. The molecule has 0 unspecified atom stereocenters. The van der Waals surface area contributed by atoms with Gasteiger partial charge in [-0.05, 0) is 30.3 Å². The van der Waals surface area contributed by atoms with Gasteiger partial charge in [-0.15, -0.1) is 0 Å². The number of pyridine rings is 1. The fourth-order valence-corrected chi connectivity index (χ4v) is 2.62. The normalized spacial score (nSPS) is 14.6. The molecule has 1 aliphatic rings. The second-order valence-electron chi connectivity index (χ2n) is 5.52. The lowest BCUT2D eigenvalue weighted by Crippen LogP contribution is -2.05. The van der Waals surface area contributed by atoms with Crippen molar-refractivity contribution in [2.45, 2.75) is 12.6 Å². The van der Waals surface area contributed by atoms with E-state index in [-0.39, 0.29) is 0 Å². The fraction of sp³-hybridized carbons (Fsp3) is 0.235. The Morgan fingerprint density at radius 2 is 1.75 bits per heavy atom. The molecular formula is C17H13F3N2O2. The van der Waals surface area contributed by atoms with Crippen LogP contribution in [0.4, 0.5) is 13.2 Å². The summed E-state index contributed by atoms with van der Waals surface area (Å²) in [6, 6.07) is 7.80. The smallest absolute Gasteiger partial charge is 0.417 e. The third-order valence-corrected chi connectivity index (χ3v) is 3.82. The second-order valence-corrected chi connectivity index (χ2v) is 5.52. The number of ether oxygens (including phenoxy) is 2. The number of imidazole rings is 1. The molecule has 7 heteroatoms. The molecule has 0 aliphatic carbocycles. The molecule has 1 aromatic carbocycles. The summed E-state index contributed by atoms with van der Waals surface area (Å²) in [5.41, 5.74) is 1.07. The van der Waals surface area contributed by atoms with Crippen molar-refractivity contribution < 1.29 is 22.6 Å². The fourth-order valence-electron chi connectivity index (χ4n) is 2.62. The maximum atomic E-state index is 12.8. The zero-order chi connectivity index (χ0) is 16.7. The van der Waals surface area contributed by atoms with Crippen LogP contribution in [-0.4, -0.2) is 22.6 Å². The standard InChI is InChI=1S/C17H13F3N2O2/c18-17(19,20)12-3-5-16-21-13(10-22(16)9-12)11-2-4-14-15(8-11)24-7-1-6-23-14/h2-5,8-10H,1,6-7H2. The van der Waals surface area contributed by atoms with Crippen molar-refractivity contribution in [1.29, 1.82) is 0 Å². The van der Waals surface area contributed by atoms with Gasteiger partial charge in [0, 0.05) is 24.4 Å². The first-order chi connectivity index (χ1) is 11.5. The Labute approximate surface area is 135 Å². The molecule has 3 heterocycles. The molecule has 0 saturated carbocycles. The van der Waals surface area contributed by atoms with Crippen LogP contribution in [0, 0.1) is 0 Å². The number of hydrogen-bond donors (Lipinski definition) is 0. The van der Waals surface area contributed by atoms with Crippen LogP contribution in [0.2, 0.25) is 0 Å². The minimum atomic E-state index is -4.38. The van der Waals surface area contributed by atoms with Gasteiger partial charge in [0.2, 0.25) is 0 Å². The molecule has 1 aliphatic heterocycles. The van der Waals surface area contributed by atoms with E-state index >= 15 is 0 Å². The summed E-state index contributed by atoms with van der Waals surface area (Å²) in [4.78, 5) is 4.38. The van der Waals surface area contributed by atoms with Gasteiger partial charge in [0.05, 0.1) is 24.5 Å². The number of fused-ring (bicyclic) bond motifs is 2. The van der Waals surface area contributed by atoms with Crippen LogP contribution < -0.4 is 9.47 Å². The largest absolute Gasteiger partial charge is 0.490 e. The number of nitrogens with zero attached hydrogens (tertiary/aromatic N) is 2. The lowest BCUT2D eigenvalue weighted by molar-refractivity contribution is -0.137. The van der Waals surface area contributed by atoms with E-state index in [0.29, 0.717) is 36.1 Å². The summed E-state index contributed by atoms with van der Waals surface area (Å²) >= 11 is 0. The van der Waals surface area contributed by atoms with Gasteiger partial charge in [0.1, 0.15) is 5.65 Å². The predicted octanol–water partition coefficient (Wildman–Crippen LogP) is 4.18. The van der Waals surface area contributed by atoms with E-state index < -0.39 is 11.7 Å². The molecule has 0 amide bonds. The van der Waals surface area contributed by atoms with E-state index in [2.05, 4.69) is 4.98 Å². The van der Waals surface area contributed by atoms with Crippen LogP contribution in [0.1, 0.15) is 12.0 Å². The van der Waals surface area contributed by atoms with E-state index in [0.717, 1.165) is 24.2 Å². The summed E-state index contributed by atoms with van der Waals surface area (Å²) < 4.78 is 51.0. The molecular weight excluding hydrogens is 321 g/mol. The SMILES string of the molecule is FC(F)(F)c1ccc2nc(-c3ccc4c(c3)OCCCO4)cn2c1. The first-order valence-corrected chi connectivity index (χ1v) is 7.47. The van der Waals surface area contributed by atoms with E-state index in [1.165, 1.54) is 10.5 Å². The summed E-state index contributed by atoms with van der Waals surface area (Å²) in [5, 5.41) is 0. The molecule has 0 saturated heterocycles. The van der Waals surface area contributed by atoms with Gasteiger partial charge in [-0.25, -0.2) is 4.98 Å². The Morgan fingerprint density at radius 3 is 2.54 bits per heavy atom. The summed E-state index contributed by atoms with van der Waals surface area (Å²) in [7, 11) is 0. The molecule has 0 N–H and O–H groups in total. The molecule has 2 aromatic heterocycles. The topological polar surface area (TPSA) is 35.8 Å². The predicted molar refractivity (Wildman–Crippen MR) is 81.2 cm³/mol. The number of alkyl halides is 3. The number of aromatic nitrogens is 2. The van der Waals surface area contributed by atoms with Crippen LogP contribution in [-0.2, 0) is 6.18 Å². The highest BCUT2D eigenvalue weighted by Crippen LogP contribution is 2.34. The lowest BCUT2D eigenvalue weighted by Gasteiger charge is -2.07. The van der Waals surface area contributed by atoms with E-state index in [1.807, 2.05) is 6.07 Å². The highest BCUT2D eigenvalue weighted by molar-refractivity contribution is 5.66. The average Bonchev–Trinajstić information content (AvgIpc) is 2.83. The molecule has 0 spiro atoms. The van der Waals surface area contributed by atoms with Crippen molar-refractivity contribution in [3.63, 3.8) is 0 Å². The average molecular weight is 334 g/mol. The van der Waals surface area contributed by atoms with Gasteiger partial charge in [-0.1, -0.05) is 0 Å². The van der Waals surface area contributed by atoms with Crippen molar-refractivity contribution in [3.8, 4) is 22.8 Å². The Kier molecular flexibility index (Phi) is 3.37. The molecule has 4 nitrogen and oxygen atoms in total. The van der Waals surface area contributed by atoms with Gasteiger partial charge >= 0.3 is 6.18 Å². The first kappa shape index (κ1) is 14.9. The molecule has 0 radical (unpaired) electrons. The van der Waals surface area contributed by atoms with Gasteiger partial charge in [-0.3, -0.25) is 0 Å². The van der Waals surface area contributed by atoms with Crippen LogP contribution in [0.15, 0.2) is 42.7 Å². The van der Waals surface area contributed by atoms with Gasteiger partial charge in [0.15, 0.2) is 11.5 Å². The number of rotatable bonds is 1. The minimum Gasteiger partial charge on any atom is -0.490 e. The molecule has 124 valence electrons. The Hall–Kier alpha value is -2.70. The Morgan fingerprint density at radius 1 is 0.958 bits per heavy atom. The quantitative estimate of drug-likeness (QED) is 0.670. The molecule has 24 heavy (non-hydrogen) atoms. The minimum absolute atomic E-state index is 0.449. The molecule has 0 bridgehead atoms. The van der Waals surface area contributed by atoms with Crippen molar-refractivity contribution in [3.05, 3.63) is 48.3 Å². The highest BCUT2D eigenvalue weighted by atomic mass is 19.4. The number of benzene rings is 1. The van der Waals surface area contributed by atoms with Crippen LogP contribution in [0.3, 0.4) is 0 Å². The third-order valence-electron chi connectivity index (χ3n) is 3.82. The van der Waals surface area contributed by atoms with Crippen LogP contribution in [0.5, 0.6) is 11.5 Å². The molecule has 0 fully saturated rings. The summed E-state index contributed by atoms with van der Waals surface area (Å²) in [6.07, 6.45) is -0.967. The maximum absolute atomic E-state index is 12.8. The highest BCUT2D eigenvalue weighted by Gasteiger charge is 2.30. The number of halogens is 3. The van der Waals surface area contributed by atoms with E-state index in [1.54, 1.807) is 18.3 Å². The van der Waals surface area contributed by atoms with Crippen molar-refractivity contribution in [1.82, 2.24) is 9.38 Å². The zero-order valence-corrected chi connectivity index (χ0v) is 12.5. The molecule has 3 aromatic rings. The van der Waals surface area contributed by atoms with E-state index in [9.17, 15) is 13.2 Å². The number of hydrogen-bond acceptors (Lipinski definition) is 3. The third kappa shape index (κ3) is 2.66. The molecule has 0 atom stereocenters. The zero-order valence-electron chi connectivity index (χ0n) is 12.5. The Bertz CT molecular complexity index is 902. The van der Waals surface area contributed by atoms with Crippen molar-refractivity contribution >= 4 is 5.65 Å². The van der Waals surface area contributed by atoms with Crippen molar-refractivity contribution in [2.75, 3.05) is 13.2 Å². The van der Waals surface area contributed by atoms with Crippen LogP contribution in [0.25, 0.3) is 16.9 Å². The monoisotopic (exact) mass is 334 g/mol. The second kappa shape index (κ2) is 5.43. The molecule has 4 rings (SSSR count). The maximum Gasteiger partial charge on any atom is 0.417 e. The van der Waals surface area contributed by atoms with Gasteiger partial charge < -0.3 is 13.9 Å². The summed E-state index contributed by atoms with van der Waals surface area (Å²) in [5.74, 6) is 1.29. The lowest BCUT2D eigenvalue weighted by atomic mass is 10.1. The van der Waals surface area contributed by atoms with Gasteiger partial charge in [-0.2, -0.15) is 13.2 Å².